The average molecular weight is 361 g/mol. The molecule has 0 radical (unpaired) electrons. The maximum Gasteiger partial charge on any atom is 0.166 e. The molecule has 2 nitrogen and oxygen atoms in total. The van der Waals surface area contributed by atoms with Gasteiger partial charge in [0.15, 0.2) is 5.78 Å². The second-order valence-electron chi connectivity index (χ2n) is 6.17. The molecule has 0 N–H and O–H groups in total. The Labute approximate surface area is 152 Å². The van der Waals surface area contributed by atoms with Crippen molar-refractivity contribution >= 4 is 29.0 Å². The molecule has 0 saturated heterocycles. The van der Waals surface area contributed by atoms with Crippen molar-refractivity contribution in [2.75, 3.05) is 7.11 Å². The van der Waals surface area contributed by atoms with E-state index >= 15 is 0 Å². The third-order valence-corrected chi connectivity index (χ3v) is 5.30. The van der Waals surface area contributed by atoms with Gasteiger partial charge in [0.25, 0.3) is 0 Å². The second-order valence-corrected chi connectivity index (χ2v) is 6.99. The van der Waals surface area contributed by atoms with Gasteiger partial charge in [0.1, 0.15) is 5.76 Å². The van der Waals surface area contributed by atoms with Crippen LogP contribution in [0.3, 0.4) is 0 Å². The van der Waals surface area contributed by atoms with E-state index in [1.165, 1.54) is 0 Å². The Morgan fingerprint density at radius 2 is 1.46 bits per heavy atom. The summed E-state index contributed by atoms with van der Waals surface area (Å²) in [7, 11) is 1.60. The summed E-state index contributed by atoms with van der Waals surface area (Å²) in [5, 5.41) is 1.35. The molecule has 0 aromatic heterocycles. The molecule has 0 saturated carbocycles. The Balaban J connectivity index is 1.98. The largest absolute Gasteiger partial charge is 0.501 e. The predicted molar refractivity (Wildman–Crippen MR) is 97.5 cm³/mol. The van der Waals surface area contributed by atoms with Crippen molar-refractivity contribution in [3.63, 3.8) is 0 Å². The van der Waals surface area contributed by atoms with Crippen LogP contribution < -0.4 is 0 Å². The van der Waals surface area contributed by atoms with Crippen molar-refractivity contribution in [3.05, 3.63) is 81.5 Å². The number of allylic oxidation sites excluding steroid dienone is 2. The van der Waals surface area contributed by atoms with E-state index in [2.05, 4.69) is 0 Å². The molecule has 0 spiro atoms. The van der Waals surface area contributed by atoms with Gasteiger partial charge in [-0.3, -0.25) is 4.79 Å². The quantitative estimate of drug-likeness (QED) is 0.725. The van der Waals surface area contributed by atoms with Crippen LogP contribution in [0.15, 0.2) is 60.4 Å². The fourth-order valence-electron chi connectivity index (χ4n) is 3.28. The van der Waals surface area contributed by atoms with E-state index in [-0.39, 0.29) is 5.78 Å². The van der Waals surface area contributed by atoms with Gasteiger partial charge < -0.3 is 4.74 Å². The highest BCUT2D eigenvalue weighted by Crippen LogP contribution is 2.43. The molecule has 2 aromatic rings. The van der Waals surface area contributed by atoms with Gasteiger partial charge in [-0.15, -0.1) is 0 Å². The maximum absolute atomic E-state index is 12.9. The van der Waals surface area contributed by atoms with E-state index in [9.17, 15) is 4.79 Å². The topological polar surface area (TPSA) is 26.3 Å². The summed E-state index contributed by atoms with van der Waals surface area (Å²) in [4.78, 5) is 12.9. The number of ketones is 1. The third-order valence-electron chi connectivity index (χ3n) is 4.56. The highest BCUT2D eigenvalue weighted by Gasteiger charge is 2.43. The summed E-state index contributed by atoms with van der Waals surface area (Å²) in [5.41, 5.74) is 1.32. The van der Waals surface area contributed by atoms with Gasteiger partial charge in [-0.1, -0.05) is 59.6 Å². The first-order valence-corrected chi connectivity index (χ1v) is 8.55. The number of ether oxygens (including phenoxy) is 1. The molecule has 4 heteroatoms. The SMILES string of the molecule is COC1=CC(=O)C(Cc2ccccc2Cl)(Cc2ccccc2Cl)C1. The van der Waals surface area contributed by atoms with Crippen molar-refractivity contribution in [1.29, 1.82) is 0 Å². The second kappa shape index (κ2) is 7.00. The van der Waals surface area contributed by atoms with Crippen molar-refractivity contribution in [2.24, 2.45) is 5.41 Å². The molecule has 2 aromatic carbocycles. The first-order valence-electron chi connectivity index (χ1n) is 7.80. The number of carbonyl (C=O) groups excluding carboxylic acids is 1. The minimum absolute atomic E-state index is 0.0687. The molecule has 0 fully saturated rings. The number of methoxy groups -OCH3 is 1. The van der Waals surface area contributed by atoms with E-state index in [0.717, 1.165) is 11.1 Å². The van der Waals surface area contributed by atoms with E-state index < -0.39 is 5.41 Å². The van der Waals surface area contributed by atoms with Gasteiger partial charge >= 0.3 is 0 Å². The van der Waals surface area contributed by atoms with Crippen LogP contribution in [0, 0.1) is 5.41 Å². The normalized spacial score (nSPS) is 16.1. The molecule has 0 atom stereocenters. The Morgan fingerprint density at radius 1 is 0.958 bits per heavy atom. The molecule has 1 aliphatic rings. The molecule has 3 rings (SSSR count). The number of halogens is 2. The van der Waals surface area contributed by atoms with Crippen LogP contribution in [-0.4, -0.2) is 12.9 Å². The standard InChI is InChI=1S/C20H18Cl2O2/c1-24-16-10-19(23)20(13-16,11-14-6-2-4-8-17(14)21)12-15-7-3-5-9-18(15)22/h2-10H,11-13H2,1H3. The van der Waals surface area contributed by atoms with Gasteiger partial charge in [-0.05, 0) is 36.1 Å². The van der Waals surface area contributed by atoms with Gasteiger partial charge in [0, 0.05) is 28.0 Å². The average Bonchev–Trinajstić information content (AvgIpc) is 2.88. The molecule has 0 aliphatic heterocycles. The van der Waals surface area contributed by atoms with Crippen LogP contribution in [0.5, 0.6) is 0 Å². The summed E-state index contributed by atoms with van der Waals surface area (Å²) < 4.78 is 5.35. The van der Waals surface area contributed by atoms with Crippen molar-refractivity contribution < 1.29 is 9.53 Å². The lowest BCUT2D eigenvalue weighted by molar-refractivity contribution is -0.122. The summed E-state index contributed by atoms with van der Waals surface area (Å²) in [5.74, 6) is 0.776. The van der Waals surface area contributed by atoms with Crippen molar-refractivity contribution in [3.8, 4) is 0 Å². The van der Waals surface area contributed by atoms with E-state index in [1.54, 1.807) is 13.2 Å². The zero-order valence-electron chi connectivity index (χ0n) is 13.4. The highest BCUT2D eigenvalue weighted by atomic mass is 35.5. The Bertz CT molecular complexity index is 748. The van der Waals surface area contributed by atoms with Gasteiger partial charge in [-0.2, -0.15) is 0 Å². The zero-order chi connectivity index (χ0) is 17.2. The molecule has 124 valence electrons. The van der Waals surface area contributed by atoms with Gasteiger partial charge in [-0.25, -0.2) is 0 Å². The maximum atomic E-state index is 12.9. The van der Waals surface area contributed by atoms with E-state index in [1.807, 2.05) is 48.5 Å². The molecule has 1 aliphatic carbocycles. The van der Waals surface area contributed by atoms with Crippen molar-refractivity contribution in [1.82, 2.24) is 0 Å². The fraction of sp³-hybridized carbons (Fsp3) is 0.250. The predicted octanol–water partition coefficient (Wildman–Crippen LogP) is 5.27. The van der Waals surface area contributed by atoms with Crippen LogP contribution >= 0.6 is 23.2 Å². The summed E-state index contributed by atoms with van der Waals surface area (Å²) in [6.45, 7) is 0. The van der Waals surface area contributed by atoms with Crippen LogP contribution in [0.25, 0.3) is 0 Å². The van der Waals surface area contributed by atoms with Crippen LogP contribution in [0.4, 0.5) is 0 Å². The fourth-order valence-corrected chi connectivity index (χ4v) is 3.68. The lowest BCUT2D eigenvalue weighted by Crippen LogP contribution is -2.32. The molecule has 0 bridgehead atoms. The lowest BCUT2D eigenvalue weighted by atomic mass is 9.73. The molecular weight excluding hydrogens is 343 g/mol. The number of carbonyl (C=O) groups is 1. The first-order chi connectivity index (χ1) is 11.5. The van der Waals surface area contributed by atoms with E-state index in [4.69, 9.17) is 27.9 Å². The van der Waals surface area contributed by atoms with Crippen LogP contribution in [0.2, 0.25) is 10.0 Å². The minimum Gasteiger partial charge on any atom is -0.501 e. The summed E-state index contributed by atoms with van der Waals surface area (Å²) in [6, 6.07) is 15.3. The van der Waals surface area contributed by atoms with Crippen LogP contribution in [-0.2, 0) is 22.4 Å². The number of benzene rings is 2. The molecular formula is C20H18Cl2O2. The first kappa shape index (κ1) is 17.1. The van der Waals surface area contributed by atoms with Gasteiger partial charge in [0.2, 0.25) is 0 Å². The third kappa shape index (κ3) is 3.35. The Morgan fingerprint density at radius 3 is 1.88 bits per heavy atom. The minimum atomic E-state index is -0.610. The number of rotatable bonds is 5. The molecule has 0 amide bonds. The van der Waals surface area contributed by atoms with Crippen LogP contribution in [0.1, 0.15) is 17.5 Å². The lowest BCUT2D eigenvalue weighted by Gasteiger charge is -2.29. The molecule has 24 heavy (non-hydrogen) atoms. The zero-order valence-corrected chi connectivity index (χ0v) is 14.9. The smallest absolute Gasteiger partial charge is 0.166 e. The Hall–Kier alpha value is -1.77. The van der Waals surface area contributed by atoms with E-state index in [0.29, 0.717) is 35.1 Å². The number of hydrogen-bond donors (Lipinski definition) is 0. The van der Waals surface area contributed by atoms with Crippen molar-refractivity contribution in [2.45, 2.75) is 19.3 Å². The van der Waals surface area contributed by atoms with Gasteiger partial charge in [0.05, 0.1) is 7.11 Å². The highest BCUT2D eigenvalue weighted by molar-refractivity contribution is 6.31. The molecule has 0 unspecified atom stereocenters. The number of hydrogen-bond acceptors (Lipinski definition) is 2. The summed E-state index contributed by atoms with van der Waals surface area (Å²) >= 11 is 12.7. The Kier molecular flexibility index (Phi) is 4.98. The monoisotopic (exact) mass is 360 g/mol. The molecule has 0 heterocycles. The summed E-state index contributed by atoms with van der Waals surface area (Å²) in [6.07, 6.45) is 3.27.